The molecule has 0 fully saturated rings. The summed E-state index contributed by atoms with van der Waals surface area (Å²) in [4.78, 5) is 3.86. The predicted octanol–water partition coefficient (Wildman–Crippen LogP) is 1.37. The van der Waals surface area contributed by atoms with Gasteiger partial charge in [0, 0.05) is 18.9 Å². The first-order chi connectivity index (χ1) is 4.75. The summed E-state index contributed by atoms with van der Waals surface area (Å²) in [6.07, 6.45) is 4.25. The molecule has 0 aromatic carbocycles. The average Bonchev–Trinajstić information content (AvgIpc) is 2.20. The van der Waals surface area contributed by atoms with E-state index in [0.717, 1.165) is 18.5 Å². The van der Waals surface area contributed by atoms with E-state index in [1.165, 1.54) is 0 Å². The maximum atomic E-state index is 7.27. The lowest BCUT2D eigenvalue weighted by molar-refractivity contribution is 0.786. The second-order valence-electron chi connectivity index (χ2n) is 2.16. The minimum absolute atomic E-state index is 0.350. The van der Waals surface area contributed by atoms with E-state index >= 15 is 0 Å². The molecule has 0 aliphatic rings. The zero-order valence-corrected chi connectivity index (χ0v) is 5.89. The lowest BCUT2D eigenvalue weighted by atomic mass is 10.3. The molecule has 0 unspecified atom stereocenters. The van der Waals surface area contributed by atoms with Crippen molar-refractivity contribution >= 4 is 0 Å². The summed E-state index contributed by atoms with van der Waals surface area (Å²) in [6, 6.07) is 0. The van der Waals surface area contributed by atoms with Crippen LogP contribution in [0.1, 0.15) is 20.4 Å². The molecule has 0 aliphatic carbocycles. The standard InChI is InChI=1S/C7H12N2/c1-3-4-7-5-8-6-9(7)2/h5-6H,3-4H2,1-2H3/i6D. The molecule has 2 nitrogen and oxygen atoms in total. The summed E-state index contributed by atoms with van der Waals surface area (Å²) in [7, 11) is 1.88. The summed E-state index contributed by atoms with van der Waals surface area (Å²) >= 11 is 0. The lowest BCUT2D eigenvalue weighted by Gasteiger charge is -1.96. The summed E-state index contributed by atoms with van der Waals surface area (Å²) in [5.74, 6) is 0. The van der Waals surface area contributed by atoms with Gasteiger partial charge in [0.2, 0.25) is 0 Å². The molecule has 1 aromatic heterocycles. The van der Waals surface area contributed by atoms with Gasteiger partial charge < -0.3 is 4.57 Å². The van der Waals surface area contributed by atoms with Gasteiger partial charge in [0.25, 0.3) is 0 Å². The Morgan fingerprint density at radius 3 is 3.11 bits per heavy atom. The monoisotopic (exact) mass is 125 g/mol. The first-order valence-corrected chi connectivity index (χ1v) is 3.23. The van der Waals surface area contributed by atoms with Crippen LogP contribution >= 0.6 is 0 Å². The highest BCUT2D eigenvalue weighted by Gasteiger charge is 1.93. The first-order valence-electron chi connectivity index (χ1n) is 3.73. The third-order valence-corrected chi connectivity index (χ3v) is 1.36. The molecule has 0 radical (unpaired) electrons. The Kier molecular flexibility index (Phi) is 1.49. The van der Waals surface area contributed by atoms with Gasteiger partial charge in [-0.15, -0.1) is 0 Å². The van der Waals surface area contributed by atoms with E-state index in [1.54, 1.807) is 6.20 Å². The number of aryl methyl sites for hydroxylation is 1. The zero-order chi connectivity index (χ0) is 7.56. The molecule has 2 heteroatoms. The van der Waals surface area contributed by atoms with E-state index < -0.39 is 0 Å². The lowest BCUT2D eigenvalue weighted by Crippen LogP contribution is -1.92. The predicted molar refractivity (Wildman–Crippen MR) is 37.2 cm³/mol. The highest BCUT2D eigenvalue weighted by molar-refractivity contribution is 4.96. The van der Waals surface area contributed by atoms with Gasteiger partial charge in [0.05, 0.1) is 6.30 Å². The van der Waals surface area contributed by atoms with Gasteiger partial charge in [-0.1, -0.05) is 13.3 Å². The Labute approximate surface area is 56.9 Å². The van der Waals surface area contributed by atoms with Crippen molar-refractivity contribution in [2.45, 2.75) is 19.8 Å². The summed E-state index contributed by atoms with van der Waals surface area (Å²) in [5, 5.41) is 0. The van der Waals surface area contributed by atoms with E-state index in [0.29, 0.717) is 6.30 Å². The van der Waals surface area contributed by atoms with E-state index in [9.17, 15) is 0 Å². The molecule has 50 valence electrons. The fourth-order valence-corrected chi connectivity index (χ4v) is 0.829. The van der Waals surface area contributed by atoms with E-state index in [2.05, 4.69) is 11.9 Å². The van der Waals surface area contributed by atoms with Gasteiger partial charge in [-0.05, 0) is 6.42 Å². The van der Waals surface area contributed by atoms with Gasteiger partial charge in [-0.3, -0.25) is 0 Å². The third-order valence-electron chi connectivity index (χ3n) is 1.36. The molecule has 0 saturated carbocycles. The SMILES string of the molecule is [2H]c1ncc(CCC)n1C. The van der Waals surface area contributed by atoms with E-state index in [4.69, 9.17) is 1.37 Å². The number of hydrogen-bond donors (Lipinski definition) is 0. The zero-order valence-electron chi connectivity index (χ0n) is 6.89. The third kappa shape index (κ3) is 1.31. The van der Waals surface area contributed by atoms with Crippen molar-refractivity contribution < 1.29 is 1.37 Å². The highest BCUT2D eigenvalue weighted by Crippen LogP contribution is 1.98. The minimum Gasteiger partial charge on any atom is -0.338 e. The van der Waals surface area contributed by atoms with Crippen LogP contribution in [0.5, 0.6) is 0 Å². The summed E-state index contributed by atoms with van der Waals surface area (Å²) < 4.78 is 9.08. The second kappa shape index (κ2) is 2.67. The van der Waals surface area contributed by atoms with Crippen molar-refractivity contribution in [2.24, 2.45) is 7.05 Å². The Bertz CT molecular complexity index is 217. The highest BCUT2D eigenvalue weighted by atomic mass is 15.0. The van der Waals surface area contributed by atoms with Gasteiger partial charge in [0.15, 0.2) is 0 Å². The largest absolute Gasteiger partial charge is 0.338 e. The van der Waals surface area contributed by atoms with Crippen molar-refractivity contribution in [3.8, 4) is 0 Å². The number of hydrogen-bond acceptors (Lipinski definition) is 1. The van der Waals surface area contributed by atoms with Crippen molar-refractivity contribution in [1.29, 1.82) is 0 Å². The Morgan fingerprint density at radius 1 is 1.89 bits per heavy atom. The van der Waals surface area contributed by atoms with Crippen LogP contribution in [0.25, 0.3) is 0 Å². The van der Waals surface area contributed by atoms with Crippen molar-refractivity contribution in [2.75, 3.05) is 0 Å². The van der Waals surface area contributed by atoms with Crippen LogP contribution in [0.4, 0.5) is 0 Å². The van der Waals surface area contributed by atoms with Gasteiger partial charge in [-0.25, -0.2) is 4.98 Å². The van der Waals surface area contributed by atoms with Crippen LogP contribution in [0.2, 0.25) is 0 Å². The molecule has 1 heterocycles. The quantitative estimate of drug-likeness (QED) is 0.583. The van der Waals surface area contributed by atoms with E-state index in [1.807, 2.05) is 11.6 Å². The Morgan fingerprint density at radius 2 is 2.67 bits per heavy atom. The molecular weight excluding hydrogens is 112 g/mol. The van der Waals surface area contributed by atoms with Crippen LogP contribution in [0.15, 0.2) is 12.5 Å². The Hall–Kier alpha value is -0.790. The second-order valence-corrected chi connectivity index (χ2v) is 2.16. The molecule has 1 rings (SSSR count). The fraction of sp³-hybridized carbons (Fsp3) is 0.571. The maximum Gasteiger partial charge on any atom is 0.104 e. The van der Waals surface area contributed by atoms with Crippen LogP contribution in [0.3, 0.4) is 0 Å². The topological polar surface area (TPSA) is 17.8 Å². The molecule has 0 atom stereocenters. The van der Waals surface area contributed by atoms with E-state index in [-0.39, 0.29) is 0 Å². The molecule has 9 heavy (non-hydrogen) atoms. The van der Waals surface area contributed by atoms with Crippen LogP contribution in [0, 0.1) is 0 Å². The van der Waals surface area contributed by atoms with Crippen LogP contribution in [-0.2, 0) is 13.5 Å². The van der Waals surface area contributed by atoms with Crippen LogP contribution < -0.4 is 0 Å². The molecule has 0 saturated heterocycles. The molecule has 0 aliphatic heterocycles. The number of nitrogens with zero attached hydrogens (tertiary/aromatic N) is 2. The molecule has 0 bridgehead atoms. The molecule has 1 aromatic rings. The first kappa shape index (κ1) is 5.03. The normalized spacial score (nSPS) is 11.6. The molecule has 0 spiro atoms. The number of rotatable bonds is 2. The molecule has 0 amide bonds. The smallest absolute Gasteiger partial charge is 0.104 e. The Balaban J connectivity index is 2.83. The van der Waals surface area contributed by atoms with Gasteiger partial charge in [-0.2, -0.15) is 0 Å². The van der Waals surface area contributed by atoms with Gasteiger partial charge >= 0.3 is 0 Å². The van der Waals surface area contributed by atoms with Crippen molar-refractivity contribution in [3.63, 3.8) is 0 Å². The molecule has 0 N–H and O–H groups in total. The maximum absolute atomic E-state index is 7.27. The fourth-order valence-electron chi connectivity index (χ4n) is 0.829. The summed E-state index contributed by atoms with van der Waals surface area (Å²) in [5.41, 5.74) is 1.15. The summed E-state index contributed by atoms with van der Waals surface area (Å²) in [6.45, 7) is 2.12. The number of imidazole rings is 1. The van der Waals surface area contributed by atoms with Crippen LogP contribution in [-0.4, -0.2) is 9.55 Å². The average molecular weight is 125 g/mol. The van der Waals surface area contributed by atoms with Crippen molar-refractivity contribution in [1.82, 2.24) is 9.55 Å². The molecular formula is C7H12N2. The number of aromatic nitrogens is 2. The minimum atomic E-state index is 0.350. The van der Waals surface area contributed by atoms with Gasteiger partial charge in [0.1, 0.15) is 1.37 Å². The van der Waals surface area contributed by atoms with Crippen molar-refractivity contribution in [3.05, 3.63) is 18.2 Å².